The van der Waals surface area contributed by atoms with Crippen molar-refractivity contribution < 1.29 is 9.90 Å². The molecule has 0 amide bonds. The van der Waals surface area contributed by atoms with Gasteiger partial charge in [-0.2, -0.15) is 0 Å². The van der Waals surface area contributed by atoms with Gasteiger partial charge in [-0.1, -0.05) is 47.7 Å². The molecule has 1 heterocycles. The molecule has 0 unspecified atom stereocenters. The molecular weight excluding hydrogens is 308 g/mol. The summed E-state index contributed by atoms with van der Waals surface area (Å²) < 4.78 is 0.708. The van der Waals surface area contributed by atoms with Crippen molar-refractivity contribution in [2.24, 2.45) is 0 Å². The fraction of sp³-hybridized carbons (Fsp3) is 0.111. The Balaban J connectivity index is 2.15. The number of ketones is 1. The standard InChI is InChI=1S/C18H16N2O2S/c1-10-8-9-13-17(23-18(19)20-13)14(10)16(22)15(21)11(2)12-6-4-3-5-7-12/h3-9,21H,1-2H3,(H2,19,20)/b15-11-. The third-order valence-electron chi connectivity index (χ3n) is 3.79. The number of Topliss-reactive ketones (excluding diaryl/α,β-unsaturated/α-hetero) is 1. The van der Waals surface area contributed by atoms with Gasteiger partial charge in [-0.05, 0) is 31.0 Å². The van der Waals surface area contributed by atoms with Crippen molar-refractivity contribution in [3.05, 3.63) is 64.9 Å². The quantitative estimate of drug-likeness (QED) is 0.426. The lowest BCUT2D eigenvalue weighted by Gasteiger charge is -2.09. The van der Waals surface area contributed by atoms with E-state index < -0.39 is 5.78 Å². The van der Waals surface area contributed by atoms with Crippen LogP contribution in [-0.2, 0) is 0 Å². The first-order valence-corrected chi connectivity index (χ1v) is 7.96. The first-order chi connectivity index (χ1) is 11.0. The van der Waals surface area contributed by atoms with Crippen LogP contribution in [0.25, 0.3) is 15.8 Å². The van der Waals surface area contributed by atoms with E-state index in [4.69, 9.17) is 5.73 Å². The van der Waals surface area contributed by atoms with E-state index in [1.54, 1.807) is 6.92 Å². The van der Waals surface area contributed by atoms with Gasteiger partial charge >= 0.3 is 0 Å². The number of allylic oxidation sites excluding steroid dienone is 2. The van der Waals surface area contributed by atoms with Gasteiger partial charge in [0, 0.05) is 11.1 Å². The topological polar surface area (TPSA) is 76.2 Å². The van der Waals surface area contributed by atoms with Crippen molar-refractivity contribution >= 4 is 38.0 Å². The van der Waals surface area contributed by atoms with E-state index in [0.717, 1.165) is 11.1 Å². The van der Waals surface area contributed by atoms with Crippen LogP contribution in [0.4, 0.5) is 5.13 Å². The first-order valence-electron chi connectivity index (χ1n) is 7.14. The van der Waals surface area contributed by atoms with Crippen LogP contribution in [0.1, 0.15) is 28.4 Å². The molecule has 5 heteroatoms. The number of benzene rings is 2. The third kappa shape index (κ3) is 2.71. The van der Waals surface area contributed by atoms with Gasteiger partial charge in [-0.25, -0.2) is 4.98 Å². The average molecular weight is 324 g/mol. The van der Waals surface area contributed by atoms with Gasteiger partial charge in [-0.3, -0.25) is 4.79 Å². The highest BCUT2D eigenvalue weighted by molar-refractivity contribution is 7.22. The number of thiazole rings is 1. The lowest BCUT2D eigenvalue weighted by Crippen LogP contribution is -2.07. The van der Waals surface area contributed by atoms with Crippen molar-refractivity contribution in [2.45, 2.75) is 13.8 Å². The normalized spacial score (nSPS) is 12.3. The molecule has 4 nitrogen and oxygen atoms in total. The Hall–Kier alpha value is -2.66. The first kappa shape index (κ1) is 15.2. The number of carbonyl (C=O) groups excluding carboxylic acids is 1. The van der Waals surface area contributed by atoms with Crippen molar-refractivity contribution in [1.29, 1.82) is 0 Å². The minimum Gasteiger partial charge on any atom is -0.504 e. The minimum absolute atomic E-state index is 0.251. The Labute approximate surface area is 137 Å². The molecule has 0 aliphatic rings. The SMILES string of the molecule is C/C(=C(/O)C(=O)c1c(C)ccc2nc(N)sc12)c1ccccc1. The van der Waals surface area contributed by atoms with Crippen molar-refractivity contribution in [1.82, 2.24) is 4.98 Å². The van der Waals surface area contributed by atoms with E-state index in [1.165, 1.54) is 11.3 Å². The van der Waals surface area contributed by atoms with Gasteiger partial charge in [0.2, 0.25) is 5.78 Å². The smallest absolute Gasteiger partial charge is 0.229 e. The maximum absolute atomic E-state index is 12.8. The second-order valence-electron chi connectivity index (χ2n) is 5.33. The molecule has 3 aromatic rings. The Bertz CT molecular complexity index is 927. The van der Waals surface area contributed by atoms with Crippen LogP contribution in [0.3, 0.4) is 0 Å². The number of aliphatic hydroxyl groups excluding tert-OH is 1. The van der Waals surface area contributed by atoms with E-state index >= 15 is 0 Å². The molecule has 1 aromatic heterocycles. The summed E-state index contributed by atoms with van der Waals surface area (Å²) >= 11 is 1.26. The summed E-state index contributed by atoms with van der Waals surface area (Å²) in [5.74, 6) is -0.656. The molecule has 0 aliphatic carbocycles. The zero-order valence-corrected chi connectivity index (χ0v) is 13.6. The number of hydrogen-bond donors (Lipinski definition) is 2. The van der Waals surface area contributed by atoms with Gasteiger partial charge in [0.05, 0.1) is 10.2 Å². The maximum atomic E-state index is 12.8. The number of nitrogens with zero attached hydrogens (tertiary/aromatic N) is 1. The zero-order valence-electron chi connectivity index (χ0n) is 12.8. The van der Waals surface area contributed by atoms with Gasteiger partial charge in [0.15, 0.2) is 10.9 Å². The van der Waals surface area contributed by atoms with Gasteiger partial charge < -0.3 is 10.8 Å². The number of hydrogen-bond acceptors (Lipinski definition) is 5. The maximum Gasteiger partial charge on any atom is 0.229 e. The summed E-state index contributed by atoms with van der Waals surface area (Å²) in [6, 6.07) is 13.0. The van der Waals surface area contributed by atoms with Crippen LogP contribution in [0.2, 0.25) is 0 Å². The van der Waals surface area contributed by atoms with Crippen molar-refractivity contribution in [3.63, 3.8) is 0 Å². The molecule has 23 heavy (non-hydrogen) atoms. The highest BCUT2D eigenvalue weighted by Crippen LogP contribution is 2.31. The molecule has 0 aliphatic heterocycles. The van der Waals surface area contributed by atoms with Gasteiger partial charge in [0.25, 0.3) is 0 Å². The number of aliphatic hydroxyl groups is 1. The van der Waals surface area contributed by atoms with Crippen LogP contribution >= 0.6 is 11.3 Å². The largest absolute Gasteiger partial charge is 0.504 e. The summed E-state index contributed by atoms with van der Waals surface area (Å²) in [6.45, 7) is 3.58. The molecule has 3 N–H and O–H groups in total. The molecule has 0 saturated heterocycles. The number of rotatable bonds is 3. The van der Waals surface area contributed by atoms with Crippen LogP contribution in [-0.4, -0.2) is 15.9 Å². The fourth-order valence-corrected chi connectivity index (χ4v) is 3.43. The Kier molecular flexibility index (Phi) is 3.88. The van der Waals surface area contributed by atoms with Crippen LogP contribution in [0.5, 0.6) is 0 Å². The number of fused-ring (bicyclic) bond motifs is 1. The molecule has 0 spiro atoms. The third-order valence-corrected chi connectivity index (χ3v) is 4.70. The molecule has 2 aromatic carbocycles. The minimum atomic E-state index is -0.405. The molecule has 0 bridgehead atoms. The summed E-state index contributed by atoms with van der Waals surface area (Å²) in [6.07, 6.45) is 0. The van der Waals surface area contributed by atoms with Gasteiger partial charge in [0.1, 0.15) is 0 Å². The molecular formula is C18H16N2O2S. The Morgan fingerprint density at radius 3 is 2.57 bits per heavy atom. The summed E-state index contributed by atoms with van der Waals surface area (Å²) in [5.41, 5.74) is 9.04. The number of carbonyl (C=O) groups is 1. The molecule has 0 saturated carbocycles. The molecule has 3 rings (SSSR count). The van der Waals surface area contributed by atoms with Crippen LogP contribution in [0.15, 0.2) is 48.2 Å². The number of nitrogens with two attached hydrogens (primary N) is 1. The van der Waals surface area contributed by atoms with Crippen LogP contribution < -0.4 is 5.73 Å². The van der Waals surface area contributed by atoms with Gasteiger partial charge in [-0.15, -0.1) is 0 Å². The number of anilines is 1. The second-order valence-corrected chi connectivity index (χ2v) is 6.36. The van der Waals surface area contributed by atoms with E-state index in [1.807, 2.05) is 49.4 Å². The fourth-order valence-electron chi connectivity index (χ4n) is 2.50. The number of aryl methyl sites for hydroxylation is 1. The lowest BCUT2D eigenvalue weighted by atomic mass is 9.98. The lowest BCUT2D eigenvalue weighted by molar-refractivity contribution is 0.0980. The summed E-state index contributed by atoms with van der Waals surface area (Å²) in [4.78, 5) is 17.0. The monoisotopic (exact) mass is 324 g/mol. The highest BCUT2D eigenvalue weighted by Gasteiger charge is 2.21. The van der Waals surface area contributed by atoms with E-state index in [-0.39, 0.29) is 5.76 Å². The Morgan fingerprint density at radius 1 is 1.17 bits per heavy atom. The number of nitrogen functional groups attached to an aromatic ring is 1. The molecule has 0 fully saturated rings. The highest BCUT2D eigenvalue weighted by atomic mass is 32.1. The van der Waals surface area contributed by atoms with E-state index in [9.17, 15) is 9.90 Å². The zero-order chi connectivity index (χ0) is 16.6. The molecule has 0 radical (unpaired) electrons. The predicted molar refractivity (Wildman–Crippen MR) is 94.8 cm³/mol. The van der Waals surface area contributed by atoms with E-state index in [0.29, 0.717) is 26.5 Å². The second kappa shape index (κ2) is 5.85. The number of aromatic nitrogens is 1. The van der Waals surface area contributed by atoms with Crippen molar-refractivity contribution in [3.8, 4) is 0 Å². The molecule has 0 atom stereocenters. The predicted octanol–water partition coefficient (Wildman–Crippen LogP) is 4.36. The van der Waals surface area contributed by atoms with E-state index in [2.05, 4.69) is 4.98 Å². The van der Waals surface area contributed by atoms with Crippen LogP contribution in [0, 0.1) is 6.92 Å². The average Bonchev–Trinajstić information content (AvgIpc) is 2.94. The van der Waals surface area contributed by atoms with Crippen molar-refractivity contribution in [2.75, 3.05) is 5.73 Å². The summed E-state index contributed by atoms with van der Waals surface area (Å²) in [7, 11) is 0. The Morgan fingerprint density at radius 2 is 1.87 bits per heavy atom. The summed E-state index contributed by atoms with van der Waals surface area (Å²) in [5, 5.41) is 10.9. The molecule has 116 valence electrons.